The molecule has 0 bridgehead atoms. The van der Waals surface area contributed by atoms with E-state index < -0.39 is 0 Å². The second-order valence-corrected chi connectivity index (χ2v) is 4.49. The van der Waals surface area contributed by atoms with Gasteiger partial charge in [-0.25, -0.2) is 9.97 Å². The summed E-state index contributed by atoms with van der Waals surface area (Å²) < 4.78 is 11.1. The highest BCUT2D eigenvalue weighted by molar-refractivity contribution is 5.70. The number of nitrogens with two attached hydrogens (primary N) is 1. The number of aromatic nitrogens is 2. The Morgan fingerprint density at radius 2 is 1.79 bits per heavy atom. The van der Waals surface area contributed by atoms with Gasteiger partial charge < -0.3 is 15.2 Å². The van der Waals surface area contributed by atoms with E-state index in [1.54, 1.807) is 0 Å². The number of anilines is 1. The first-order valence-electron chi connectivity index (χ1n) is 6.16. The molecule has 19 heavy (non-hydrogen) atoms. The largest absolute Gasteiger partial charge is 0.486 e. The molecule has 0 saturated carbocycles. The number of fused-ring (bicyclic) bond motifs is 1. The van der Waals surface area contributed by atoms with E-state index in [9.17, 15) is 0 Å². The second-order valence-electron chi connectivity index (χ2n) is 4.49. The van der Waals surface area contributed by atoms with Crippen LogP contribution >= 0.6 is 0 Å². The normalized spacial score (nSPS) is 13.4. The number of nitrogen functional groups attached to an aromatic ring is 1. The standard InChI is InChI=1S/C14H15N3O2/c1-8-13(16-9(2)17-14(8)15)10-3-4-11-12(7-10)19-6-5-18-11/h3-4,7H,5-6H2,1-2H3,(H2,15,16,17). The number of hydrogen-bond acceptors (Lipinski definition) is 5. The van der Waals surface area contributed by atoms with E-state index in [0.29, 0.717) is 24.9 Å². The molecule has 1 aliphatic heterocycles. The molecular formula is C14H15N3O2. The van der Waals surface area contributed by atoms with E-state index in [2.05, 4.69) is 9.97 Å². The Labute approximate surface area is 111 Å². The number of hydrogen-bond donors (Lipinski definition) is 1. The van der Waals surface area contributed by atoms with Crippen LogP contribution in [0.15, 0.2) is 18.2 Å². The first-order valence-corrected chi connectivity index (χ1v) is 6.16. The summed E-state index contributed by atoms with van der Waals surface area (Å²) in [6.45, 7) is 4.91. The van der Waals surface area contributed by atoms with Crippen LogP contribution in [0, 0.1) is 13.8 Å². The van der Waals surface area contributed by atoms with Crippen molar-refractivity contribution in [2.45, 2.75) is 13.8 Å². The highest BCUT2D eigenvalue weighted by Gasteiger charge is 2.15. The Kier molecular flexibility index (Phi) is 2.74. The average Bonchev–Trinajstić information content (AvgIpc) is 2.42. The lowest BCUT2D eigenvalue weighted by atomic mass is 10.1. The van der Waals surface area contributed by atoms with Crippen LogP contribution in [-0.4, -0.2) is 23.2 Å². The summed E-state index contributed by atoms with van der Waals surface area (Å²) in [6.07, 6.45) is 0. The number of nitrogens with zero attached hydrogens (tertiary/aromatic N) is 2. The van der Waals surface area contributed by atoms with Crippen LogP contribution in [0.25, 0.3) is 11.3 Å². The van der Waals surface area contributed by atoms with Crippen LogP contribution in [0.5, 0.6) is 11.5 Å². The van der Waals surface area contributed by atoms with Crippen LogP contribution in [0.2, 0.25) is 0 Å². The fraction of sp³-hybridized carbons (Fsp3) is 0.286. The van der Waals surface area contributed by atoms with Gasteiger partial charge in [0.2, 0.25) is 0 Å². The third-order valence-corrected chi connectivity index (χ3v) is 3.11. The summed E-state index contributed by atoms with van der Waals surface area (Å²) in [5, 5.41) is 0. The predicted molar refractivity (Wildman–Crippen MR) is 72.3 cm³/mol. The van der Waals surface area contributed by atoms with Gasteiger partial charge in [-0.1, -0.05) is 0 Å². The van der Waals surface area contributed by atoms with Crippen molar-refractivity contribution < 1.29 is 9.47 Å². The summed E-state index contributed by atoms with van der Waals surface area (Å²) in [7, 11) is 0. The van der Waals surface area contributed by atoms with E-state index >= 15 is 0 Å². The molecule has 2 N–H and O–H groups in total. The van der Waals surface area contributed by atoms with Crippen molar-refractivity contribution in [1.82, 2.24) is 9.97 Å². The minimum Gasteiger partial charge on any atom is -0.486 e. The number of ether oxygens (including phenoxy) is 2. The number of rotatable bonds is 1. The van der Waals surface area contributed by atoms with E-state index in [1.165, 1.54) is 0 Å². The third kappa shape index (κ3) is 2.07. The fourth-order valence-electron chi connectivity index (χ4n) is 2.12. The third-order valence-electron chi connectivity index (χ3n) is 3.11. The molecule has 0 atom stereocenters. The Morgan fingerprint density at radius 1 is 1.05 bits per heavy atom. The quantitative estimate of drug-likeness (QED) is 0.847. The molecule has 0 spiro atoms. The van der Waals surface area contributed by atoms with Crippen molar-refractivity contribution in [3.8, 4) is 22.8 Å². The highest BCUT2D eigenvalue weighted by atomic mass is 16.6. The lowest BCUT2D eigenvalue weighted by molar-refractivity contribution is 0.171. The molecule has 2 heterocycles. The minimum absolute atomic E-state index is 0.511. The van der Waals surface area contributed by atoms with E-state index in [4.69, 9.17) is 15.2 Å². The smallest absolute Gasteiger partial charge is 0.162 e. The SMILES string of the molecule is Cc1nc(N)c(C)c(-c2ccc3c(c2)OCCO3)n1. The molecule has 0 fully saturated rings. The van der Waals surface area contributed by atoms with Crippen molar-refractivity contribution >= 4 is 5.82 Å². The minimum atomic E-state index is 0.511. The highest BCUT2D eigenvalue weighted by Crippen LogP contribution is 2.35. The summed E-state index contributed by atoms with van der Waals surface area (Å²) in [5.41, 5.74) is 8.56. The van der Waals surface area contributed by atoms with E-state index in [-0.39, 0.29) is 0 Å². The molecule has 3 rings (SSSR count). The van der Waals surface area contributed by atoms with Crippen molar-refractivity contribution in [2.75, 3.05) is 18.9 Å². The van der Waals surface area contributed by atoms with E-state index in [1.807, 2.05) is 32.0 Å². The summed E-state index contributed by atoms with van der Waals surface area (Å²) in [5.74, 6) is 2.69. The topological polar surface area (TPSA) is 70.3 Å². The summed E-state index contributed by atoms with van der Waals surface area (Å²) in [6, 6.07) is 5.79. The zero-order valence-corrected chi connectivity index (χ0v) is 10.9. The van der Waals surface area contributed by atoms with Crippen molar-refractivity contribution in [1.29, 1.82) is 0 Å². The fourth-order valence-corrected chi connectivity index (χ4v) is 2.12. The van der Waals surface area contributed by atoms with Crippen LogP contribution in [0.3, 0.4) is 0 Å². The number of benzene rings is 1. The lowest BCUT2D eigenvalue weighted by Gasteiger charge is -2.19. The predicted octanol–water partition coefficient (Wildman–Crippen LogP) is 2.11. The first-order chi connectivity index (χ1) is 9.15. The zero-order valence-electron chi connectivity index (χ0n) is 10.9. The van der Waals surface area contributed by atoms with Crippen LogP contribution in [-0.2, 0) is 0 Å². The Morgan fingerprint density at radius 3 is 2.58 bits per heavy atom. The van der Waals surface area contributed by atoms with Gasteiger partial charge in [0.15, 0.2) is 11.5 Å². The Hall–Kier alpha value is -2.30. The molecule has 0 radical (unpaired) electrons. The van der Waals surface area contributed by atoms with Gasteiger partial charge in [0.1, 0.15) is 24.9 Å². The molecule has 0 aliphatic carbocycles. The van der Waals surface area contributed by atoms with Gasteiger partial charge in [-0.3, -0.25) is 0 Å². The van der Waals surface area contributed by atoms with Gasteiger partial charge in [0.25, 0.3) is 0 Å². The summed E-state index contributed by atoms with van der Waals surface area (Å²) in [4.78, 5) is 8.62. The van der Waals surface area contributed by atoms with Gasteiger partial charge in [-0.05, 0) is 32.0 Å². The molecule has 0 amide bonds. The van der Waals surface area contributed by atoms with Gasteiger partial charge in [0.05, 0.1) is 5.69 Å². The average molecular weight is 257 g/mol. The van der Waals surface area contributed by atoms with Crippen molar-refractivity contribution in [2.24, 2.45) is 0 Å². The maximum atomic E-state index is 5.89. The monoisotopic (exact) mass is 257 g/mol. The molecule has 5 heteroatoms. The second kappa shape index (κ2) is 4.42. The number of aryl methyl sites for hydroxylation is 1. The molecule has 0 saturated heterocycles. The first kappa shape index (κ1) is 11.8. The Bertz CT molecular complexity index is 641. The molecule has 1 aromatic heterocycles. The van der Waals surface area contributed by atoms with E-state index in [0.717, 1.165) is 28.3 Å². The van der Waals surface area contributed by atoms with Crippen molar-refractivity contribution in [3.05, 3.63) is 29.6 Å². The Balaban J connectivity index is 2.12. The van der Waals surface area contributed by atoms with Gasteiger partial charge in [-0.2, -0.15) is 0 Å². The molecule has 2 aromatic rings. The summed E-state index contributed by atoms with van der Waals surface area (Å²) >= 11 is 0. The van der Waals surface area contributed by atoms with Gasteiger partial charge >= 0.3 is 0 Å². The maximum Gasteiger partial charge on any atom is 0.162 e. The molecule has 1 aliphatic rings. The van der Waals surface area contributed by atoms with Gasteiger partial charge in [0, 0.05) is 11.1 Å². The molecule has 98 valence electrons. The molecule has 1 aromatic carbocycles. The molecule has 0 unspecified atom stereocenters. The van der Waals surface area contributed by atoms with Crippen LogP contribution in [0.1, 0.15) is 11.4 Å². The molecular weight excluding hydrogens is 242 g/mol. The molecule has 5 nitrogen and oxygen atoms in total. The van der Waals surface area contributed by atoms with Gasteiger partial charge in [-0.15, -0.1) is 0 Å². The van der Waals surface area contributed by atoms with Crippen LogP contribution < -0.4 is 15.2 Å². The maximum absolute atomic E-state index is 5.89. The van der Waals surface area contributed by atoms with Crippen LogP contribution in [0.4, 0.5) is 5.82 Å². The lowest BCUT2D eigenvalue weighted by Crippen LogP contribution is -2.15. The zero-order chi connectivity index (χ0) is 13.4. The van der Waals surface area contributed by atoms with Crippen molar-refractivity contribution in [3.63, 3.8) is 0 Å².